The highest BCUT2D eigenvalue weighted by molar-refractivity contribution is 5.76. The van der Waals surface area contributed by atoms with Crippen molar-refractivity contribution in [1.82, 2.24) is 5.32 Å². The van der Waals surface area contributed by atoms with Crippen LogP contribution in [0.1, 0.15) is 12.0 Å². The van der Waals surface area contributed by atoms with Gasteiger partial charge in [-0.2, -0.15) is 13.2 Å². The number of aromatic hydroxyl groups is 1. The number of nitrogens with one attached hydrogen (secondary N) is 1. The largest absolute Gasteiger partial charge is 0.508 e. The summed E-state index contributed by atoms with van der Waals surface area (Å²) in [4.78, 5) is 10.8. The molecule has 1 amide bonds. The lowest BCUT2D eigenvalue weighted by Gasteiger charge is -2.07. The maximum absolute atomic E-state index is 11.8. The Hall–Kier alpha value is -1.72. The molecule has 3 nitrogen and oxygen atoms in total. The van der Waals surface area contributed by atoms with Gasteiger partial charge >= 0.3 is 6.18 Å². The number of benzene rings is 1. The molecule has 2 N–H and O–H groups in total. The molecular weight excluding hydrogens is 223 g/mol. The Bertz CT molecular complexity index is 359. The number of amides is 1. The van der Waals surface area contributed by atoms with Crippen molar-refractivity contribution in [1.29, 1.82) is 0 Å². The molecule has 0 bridgehead atoms. The minimum atomic E-state index is -4.49. The zero-order valence-electron chi connectivity index (χ0n) is 8.21. The lowest BCUT2D eigenvalue weighted by molar-refractivity contribution is -0.153. The summed E-state index contributed by atoms with van der Waals surface area (Å²) in [7, 11) is 0. The van der Waals surface area contributed by atoms with Crippen molar-refractivity contribution >= 4 is 5.91 Å². The molecule has 88 valence electrons. The third kappa shape index (κ3) is 4.68. The van der Waals surface area contributed by atoms with Crippen molar-refractivity contribution in [2.75, 3.05) is 0 Å². The van der Waals surface area contributed by atoms with Gasteiger partial charge in [-0.1, -0.05) is 12.1 Å². The van der Waals surface area contributed by atoms with Crippen LogP contribution in [-0.4, -0.2) is 17.2 Å². The van der Waals surface area contributed by atoms with Gasteiger partial charge in [0.1, 0.15) is 12.2 Å². The highest BCUT2D eigenvalue weighted by Crippen LogP contribution is 2.19. The predicted octanol–water partition coefficient (Wildman–Crippen LogP) is 1.96. The molecule has 1 aromatic carbocycles. The Morgan fingerprint density at radius 1 is 1.25 bits per heavy atom. The van der Waals surface area contributed by atoms with Crippen LogP contribution in [0.25, 0.3) is 0 Å². The zero-order chi connectivity index (χ0) is 12.2. The van der Waals surface area contributed by atoms with Gasteiger partial charge in [-0.25, -0.2) is 0 Å². The molecule has 1 rings (SSSR count). The Morgan fingerprint density at radius 2 is 1.81 bits per heavy atom. The fourth-order valence-corrected chi connectivity index (χ4v) is 1.06. The minimum absolute atomic E-state index is 0.00912. The number of carbonyl (C=O) groups excluding carboxylic acids is 1. The van der Waals surface area contributed by atoms with Crippen molar-refractivity contribution in [3.63, 3.8) is 0 Å². The number of halogens is 3. The fraction of sp³-hybridized carbons (Fsp3) is 0.300. The number of hydrogen-bond acceptors (Lipinski definition) is 2. The molecule has 0 radical (unpaired) electrons. The summed E-state index contributed by atoms with van der Waals surface area (Å²) >= 11 is 0. The Morgan fingerprint density at radius 3 is 2.31 bits per heavy atom. The summed E-state index contributed by atoms with van der Waals surface area (Å²) < 4.78 is 35.4. The standard InChI is InChI=1S/C10H10F3NO2/c11-10(12,13)5-9(16)14-6-7-1-3-8(15)4-2-7/h1-4,15H,5-6H2,(H,14,16). The van der Waals surface area contributed by atoms with Gasteiger partial charge in [-0.15, -0.1) is 0 Å². The van der Waals surface area contributed by atoms with Gasteiger partial charge in [0.05, 0.1) is 0 Å². The maximum Gasteiger partial charge on any atom is 0.397 e. The number of phenols is 1. The average Bonchev–Trinajstić information content (AvgIpc) is 2.14. The van der Waals surface area contributed by atoms with Crippen molar-refractivity contribution < 1.29 is 23.1 Å². The van der Waals surface area contributed by atoms with Gasteiger partial charge in [-0.3, -0.25) is 4.79 Å². The van der Waals surface area contributed by atoms with E-state index in [0.717, 1.165) is 0 Å². The second kappa shape index (κ2) is 4.87. The lowest BCUT2D eigenvalue weighted by Crippen LogP contribution is -2.28. The molecule has 0 aromatic heterocycles. The van der Waals surface area contributed by atoms with Crippen molar-refractivity contribution in [2.45, 2.75) is 19.1 Å². The van der Waals surface area contributed by atoms with Crippen LogP contribution in [0.4, 0.5) is 13.2 Å². The predicted molar refractivity (Wildman–Crippen MR) is 50.6 cm³/mol. The van der Waals surface area contributed by atoms with Gasteiger partial charge in [0.25, 0.3) is 0 Å². The molecule has 0 unspecified atom stereocenters. The van der Waals surface area contributed by atoms with Crippen LogP contribution in [0.5, 0.6) is 5.75 Å². The van der Waals surface area contributed by atoms with Crippen LogP contribution in [0.3, 0.4) is 0 Å². The molecule has 16 heavy (non-hydrogen) atoms. The van der Waals surface area contributed by atoms with Crippen molar-refractivity contribution in [2.24, 2.45) is 0 Å². The lowest BCUT2D eigenvalue weighted by atomic mass is 10.2. The van der Waals surface area contributed by atoms with Crippen LogP contribution in [-0.2, 0) is 11.3 Å². The number of rotatable bonds is 3. The summed E-state index contributed by atoms with van der Waals surface area (Å²) in [5.74, 6) is -1.01. The van der Waals surface area contributed by atoms with Crippen LogP contribution in [0, 0.1) is 0 Å². The van der Waals surface area contributed by atoms with E-state index in [1.54, 1.807) is 0 Å². The SMILES string of the molecule is O=C(CC(F)(F)F)NCc1ccc(O)cc1. The molecule has 6 heteroatoms. The molecule has 0 fully saturated rings. The Labute approximate surface area is 89.9 Å². The number of carbonyl (C=O) groups is 1. The molecule has 0 aliphatic rings. The van der Waals surface area contributed by atoms with Crippen LogP contribution >= 0.6 is 0 Å². The molecular formula is C10H10F3NO2. The van der Waals surface area contributed by atoms with E-state index in [1.165, 1.54) is 24.3 Å². The van der Waals surface area contributed by atoms with E-state index < -0.39 is 18.5 Å². The minimum Gasteiger partial charge on any atom is -0.508 e. The normalized spacial score (nSPS) is 11.2. The highest BCUT2D eigenvalue weighted by Gasteiger charge is 2.30. The first-order valence-electron chi connectivity index (χ1n) is 4.48. The fourth-order valence-electron chi connectivity index (χ4n) is 1.06. The van der Waals surface area contributed by atoms with Gasteiger partial charge in [0.2, 0.25) is 5.91 Å². The van der Waals surface area contributed by atoms with E-state index in [2.05, 4.69) is 5.32 Å². The molecule has 1 aromatic rings. The van der Waals surface area contributed by atoms with E-state index in [0.29, 0.717) is 5.56 Å². The number of alkyl halides is 3. The number of hydrogen-bond donors (Lipinski definition) is 2. The smallest absolute Gasteiger partial charge is 0.397 e. The monoisotopic (exact) mass is 233 g/mol. The highest BCUT2D eigenvalue weighted by atomic mass is 19.4. The van der Waals surface area contributed by atoms with Crippen LogP contribution < -0.4 is 5.32 Å². The van der Waals surface area contributed by atoms with E-state index in [1.807, 2.05) is 0 Å². The Balaban J connectivity index is 2.40. The summed E-state index contributed by atoms with van der Waals surface area (Å²) in [6, 6.07) is 5.82. The zero-order valence-corrected chi connectivity index (χ0v) is 8.21. The average molecular weight is 233 g/mol. The summed E-state index contributed by atoms with van der Waals surface area (Å²) in [6.45, 7) is 0.00912. The van der Waals surface area contributed by atoms with E-state index in [-0.39, 0.29) is 12.3 Å². The third-order valence-corrected chi connectivity index (χ3v) is 1.79. The van der Waals surface area contributed by atoms with E-state index >= 15 is 0 Å². The third-order valence-electron chi connectivity index (χ3n) is 1.79. The molecule has 0 aliphatic heterocycles. The van der Waals surface area contributed by atoms with Crippen molar-refractivity contribution in [3.05, 3.63) is 29.8 Å². The van der Waals surface area contributed by atoms with Crippen molar-refractivity contribution in [3.8, 4) is 5.75 Å². The Kier molecular flexibility index (Phi) is 3.76. The topological polar surface area (TPSA) is 49.3 Å². The first kappa shape index (κ1) is 12.4. The summed E-state index contributed by atoms with van der Waals surface area (Å²) in [5.41, 5.74) is 0.619. The summed E-state index contributed by atoms with van der Waals surface area (Å²) in [5, 5.41) is 11.1. The first-order chi connectivity index (χ1) is 7.37. The van der Waals surface area contributed by atoms with Gasteiger partial charge < -0.3 is 10.4 Å². The molecule has 0 atom stereocenters. The molecule has 0 saturated heterocycles. The van der Waals surface area contributed by atoms with Gasteiger partial charge in [0, 0.05) is 6.54 Å². The van der Waals surface area contributed by atoms with Crippen LogP contribution in [0.2, 0.25) is 0 Å². The molecule has 0 heterocycles. The summed E-state index contributed by atoms with van der Waals surface area (Å²) in [6.07, 6.45) is -5.97. The van der Waals surface area contributed by atoms with E-state index in [9.17, 15) is 18.0 Å². The first-order valence-corrected chi connectivity index (χ1v) is 4.48. The maximum atomic E-state index is 11.8. The molecule has 0 spiro atoms. The van der Waals surface area contributed by atoms with E-state index in [4.69, 9.17) is 5.11 Å². The second-order valence-electron chi connectivity index (χ2n) is 3.24. The second-order valence-corrected chi connectivity index (χ2v) is 3.24. The van der Waals surface area contributed by atoms with Gasteiger partial charge in [0.15, 0.2) is 0 Å². The van der Waals surface area contributed by atoms with Crippen LogP contribution in [0.15, 0.2) is 24.3 Å². The quantitative estimate of drug-likeness (QED) is 0.838. The van der Waals surface area contributed by atoms with Gasteiger partial charge in [-0.05, 0) is 17.7 Å². The molecule has 0 aliphatic carbocycles. The molecule has 0 saturated carbocycles. The number of phenolic OH excluding ortho intramolecular Hbond substituents is 1.